The number of hydrogen-bond acceptors (Lipinski definition) is 6. The van der Waals surface area contributed by atoms with E-state index in [0.29, 0.717) is 15.6 Å². The van der Waals surface area contributed by atoms with Gasteiger partial charge in [0.15, 0.2) is 0 Å². The Labute approximate surface area is 164 Å². The first kappa shape index (κ1) is 17.9. The number of rotatable bonds is 5. The lowest BCUT2D eigenvalue weighted by Crippen LogP contribution is -2.06. The molecule has 1 unspecified atom stereocenters. The molecule has 0 aromatic carbocycles. The number of thiophene rings is 1. The second-order valence-corrected chi connectivity index (χ2v) is 8.78. The highest BCUT2D eigenvalue weighted by atomic mass is 32.2. The van der Waals surface area contributed by atoms with Crippen LogP contribution >= 0.6 is 11.3 Å². The molecular weight excluding hydrogens is 376 g/mol. The molecule has 0 fully saturated rings. The average molecular weight is 395 g/mol. The van der Waals surface area contributed by atoms with Crippen LogP contribution < -0.4 is 5.73 Å². The van der Waals surface area contributed by atoms with Crippen molar-refractivity contribution in [2.75, 3.05) is 11.5 Å². The Bertz CT molecular complexity index is 1070. The second kappa shape index (κ2) is 7.64. The van der Waals surface area contributed by atoms with Gasteiger partial charge in [-0.15, -0.1) is 0 Å². The second-order valence-electron chi connectivity index (χ2n) is 6.02. The lowest BCUT2D eigenvalue weighted by molar-refractivity contribution is 0.596. The fourth-order valence-corrected chi connectivity index (χ4v) is 5.53. The van der Waals surface area contributed by atoms with Crippen LogP contribution in [0, 0.1) is 0 Å². The molecule has 0 saturated carbocycles. The van der Waals surface area contributed by atoms with E-state index in [-0.39, 0.29) is 0 Å². The summed E-state index contributed by atoms with van der Waals surface area (Å²) in [7, 11) is 0. The SMILES string of the molecule is CCC[S+]([O-])c1sc2nc(-c3ccccn3)cc(-c3ccccn3)c2c1N. The summed E-state index contributed by atoms with van der Waals surface area (Å²) in [6, 6.07) is 13.4. The molecule has 2 N–H and O–H groups in total. The number of nitrogen functional groups attached to an aromatic ring is 1. The van der Waals surface area contributed by atoms with Crippen molar-refractivity contribution >= 4 is 38.4 Å². The van der Waals surface area contributed by atoms with Gasteiger partial charge in [-0.25, -0.2) is 4.98 Å². The van der Waals surface area contributed by atoms with Crippen LogP contribution in [0.1, 0.15) is 13.3 Å². The summed E-state index contributed by atoms with van der Waals surface area (Å²) in [6.07, 6.45) is 4.33. The average Bonchev–Trinajstić information content (AvgIpc) is 3.05. The predicted octanol–water partition coefficient (Wildman–Crippen LogP) is 4.52. The van der Waals surface area contributed by atoms with E-state index < -0.39 is 11.2 Å². The van der Waals surface area contributed by atoms with Crippen LogP contribution in [0.25, 0.3) is 32.9 Å². The van der Waals surface area contributed by atoms with Gasteiger partial charge < -0.3 is 10.3 Å². The lowest BCUT2D eigenvalue weighted by Gasteiger charge is -2.08. The Morgan fingerprint density at radius 3 is 2.37 bits per heavy atom. The maximum atomic E-state index is 12.6. The van der Waals surface area contributed by atoms with Crippen LogP contribution in [-0.2, 0) is 11.2 Å². The summed E-state index contributed by atoms with van der Waals surface area (Å²) >= 11 is 0.272. The molecule has 136 valence electrons. The maximum Gasteiger partial charge on any atom is 0.232 e. The standard InChI is InChI=1S/C20H18N4OS2/c1-2-11-27(25)20-18(21)17-13(14-7-3-5-9-22-14)12-16(24-19(17)26-20)15-8-4-6-10-23-15/h3-10,12H,2,11,21H2,1H3. The molecule has 0 radical (unpaired) electrons. The smallest absolute Gasteiger partial charge is 0.232 e. The summed E-state index contributed by atoms with van der Waals surface area (Å²) in [5, 5.41) is 0.817. The van der Waals surface area contributed by atoms with Gasteiger partial charge in [-0.1, -0.05) is 30.4 Å². The van der Waals surface area contributed by atoms with Gasteiger partial charge in [-0.3, -0.25) is 9.97 Å². The first-order chi connectivity index (χ1) is 13.2. The third-order valence-corrected chi connectivity index (χ3v) is 7.24. The highest BCUT2D eigenvalue weighted by Gasteiger charge is 2.24. The van der Waals surface area contributed by atoms with Crippen molar-refractivity contribution in [3.63, 3.8) is 0 Å². The van der Waals surface area contributed by atoms with Gasteiger partial charge in [0.25, 0.3) is 0 Å². The van der Waals surface area contributed by atoms with Gasteiger partial charge in [0.1, 0.15) is 16.3 Å². The highest BCUT2D eigenvalue weighted by Crippen LogP contribution is 2.42. The van der Waals surface area contributed by atoms with Crippen molar-refractivity contribution in [1.82, 2.24) is 15.0 Å². The van der Waals surface area contributed by atoms with Crippen molar-refractivity contribution in [1.29, 1.82) is 0 Å². The summed E-state index contributed by atoms with van der Waals surface area (Å²) in [6.45, 7) is 2.01. The number of aromatic nitrogens is 3. The van der Waals surface area contributed by atoms with E-state index in [1.54, 1.807) is 12.4 Å². The minimum atomic E-state index is -1.13. The summed E-state index contributed by atoms with van der Waals surface area (Å²) in [4.78, 5) is 14.4. The Kier molecular flexibility index (Phi) is 5.07. The van der Waals surface area contributed by atoms with Gasteiger partial charge in [0, 0.05) is 23.3 Å². The largest absolute Gasteiger partial charge is 0.611 e. The fraction of sp³-hybridized carbons (Fsp3) is 0.150. The van der Waals surface area contributed by atoms with E-state index in [1.807, 2.05) is 49.4 Å². The topological polar surface area (TPSA) is 87.8 Å². The van der Waals surface area contributed by atoms with Crippen molar-refractivity contribution in [3.8, 4) is 22.6 Å². The molecular formula is C20H18N4OS2. The van der Waals surface area contributed by atoms with Crippen molar-refractivity contribution in [2.24, 2.45) is 0 Å². The van der Waals surface area contributed by atoms with Crippen molar-refractivity contribution < 1.29 is 4.55 Å². The zero-order chi connectivity index (χ0) is 18.8. The molecule has 0 aliphatic heterocycles. The highest BCUT2D eigenvalue weighted by molar-refractivity contribution is 7.93. The fourth-order valence-electron chi connectivity index (χ4n) is 2.92. The van der Waals surface area contributed by atoms with Gasteiger partial charge in [0.2, 0.25) is 4.21 Å². The number of nitrogens with two attached hydrogens (primary N) is 1. The Balaban J connectivity index is 1.99. The monoisotopic (exact) mass is 394 g/mol. The van der Waals surface area contributed by atoms with Crippen LogP contribution in [0.3, 0.4) is 0 Å². The number of pyridine rings is 3. The van der Waals surface area contributed by atoms with E-state index in [9.17, 15) is 4.55 Å². The van der Waals surface area contributed by atoms with Crippen molar-refractivity contribution in [3.05, 3.63) is 54.9 Å². The summed E-state index contributed by atoms with van der Waals surface area (Å²) < 4.78 is 13.3. The summed E-state index contributed by atoms with van der Waals surface area (Å²) in [5.41, 5.74) is 10.2. The van der Waals surface area contributed by atoms with Crippen LogP contribution in [0.15, 0.2) is 59.1 Å². The van der Waals surface area contributed by atoms with E-state index >= 15 is 0 Å². The van der Waals surface area contributed by atoms with Gasteiger partial charge >= 0.3 is 0 Å². The quantitative estimate of drug-likeness (QED) is 0.503. The molecule has 27 heavy (non-hydrogen) atoms. The minimum Gasteiger partial charge on any atom is -0.611 e. The normalized spacial score (nSPS) is 12.4. The summed E-state index contributed by atoms with van der Waals surface area (Å²) in [5.74, 6) is 0.586. The molecule has 0 amide bonds. The molecule has 4 rings (SSSR count). The van der Waals surface area contributed by atoms with Crippen LogP contribution in [0.4, 0.5) is 5.69 Å². The molecule has 4 heterocycles. The van der Waals surface area contributed by atoms with Crippen molar-refractivity contribution in [2.45, 2.75) is 17.6 Å². The molecule has 0 spiro atoms. The molecule has 0 saturated heterocycles. The van der Waals surface area contributed by atoms with Crippen LogP contribution in [0.2, 0.25) is 0 Å². The number of anilines is 1. The molecule has 0 bridgehead atoms. The number of nitrogens with zero attached hydrogens (tertiary/aromatic N) is 3. The van der Waals surface area contributed by atoms with Gasteiger partial charge in [-0.2, -0.15) is 0 Å². The van der Waals surface area contributed by atoms with E-state index in [1.165, 1.54) is 11.3 Å². The van der Waals surface area contributed by atoms with Gasteiger partial charge in [-0.05, 0) is 47.9 Å². The zero-order valence-electron chi connectivity index (χ0n) is 14.8. The lowest BCUT2D eigenvalue weighted by atomic mass is 10.1. The third kappa shape index (κ3) is 3.41. The van der Waals surface area contributed by atoms with Crippen LogP contribution in [-0.4, -0.2) is 25.3 Å². The maximum absolute atomic E-state index is 12.6. The van der Waals surface area contributed by atoms with Crippen LogP contribution in [0.5, 0.6) is 0 Å². The molecule has 0 aliphatic carbocycles. The molecule has 7 heteroatoms. The first-order valence-electron chi connectivity index (χ1n) is 8.63. The Morgan fingerprint density at radius 1 is 1.04 bits per heavy atom. The van der Waals surface area contributed by atoms with Gasteiger partial charge in [0.05, 0.1) is 17.1 Å². The van der Waals surface area contributed by atoms with E-state index in [4.69, 9.17) is 10.7 Å². The minimum absolute atomic E-state index is 0.544. The molecule has 4 aromatic rings. The van der Waals surface area contributed by atoms with E-state index in [0.717, 1.165) is 39.3 Å². The molecule has 0 aliphatic rings. The molecule has 5 nitrogen and oxygen atoms in total. The number of hydrogen-bond donors (Lipinski definition) is 1. The zero-order valence-corrected chi connectivity index (χ0v) is 16.4. The third-order valence-electron chi connectivity index (χ3n) is 4.13. The number of fused-ring (bicyclic) bond motifs is 1. The Hall–Kier alpha value is -2.48. The first-order valence-corrected chi connectivity index (χ1v) is 10.8. The predicted molar refractivity (Wildman–Crippen MR) is 112 cm³/mol. The Morgan fingerprint density at radius 2 is 1.74 bits per heavy atom. The van der Waals surface area contributed by atoms with E-state index in [2.05, 4.69) is 9.97 Å². The molecule has 4 aromatic heterocycles. The molecule has 1 atom stereocenters.